The molecule has 21 heavy (non-hydrogen) atoms. The summed E-state index contributed by atoms with van der Waals surface area (Å²) < 4.78 is 2.19. The second-order valence-corrected chi connectivity index (χ2v) is 6.43. The smallest absolute Gasteiger partial charge is 0.105 e. The van der Waals surface area contributed by atoms with E-state index in [-0.39, 0.29) is 0 Å². The molecular weight excluding hydrogens is 278 g/mol. The van der Waals surface area contributed by atoms with E-state index in [1.54, 1.807) is 0 Å². The molecule has 2 aromatic rings. The number of benzene rings is 1. The molecule has 114 valence electrons. The summed E-state index contributed by atoms with van der Waals surface area (Å²) in [5.41, 5.74) is 1.36. The summed E-state index contributed by atoms with van der Waals surface area (Å²) in [6.45, 7) is 8.54. The molecule has 0 fully saturated rings. The van der Waals surface area contributed by atoms with Crippen LogP contribution >= 0.6 is 11.8 Å². The van der Waals surface area contributed by atoms with Crippen LogP contribution in [0.5, 0.6) is 0 Å². The molecule has 0 saturated heterocycles. The van der Waals surface area contributed by atoms with Crippen LogP contribution in [0.1, 0.15) is 37.7 Å². The first-order valence-electron chi connectivity index (χ1n) is 7.64. The lowest BCUT2D eigenvalue weighted by atomic mass is 10.1. The second kappa shape index (κ2) is 8.25. The SMILES string of the molecule is CCCNC(C)c1ccc(SCCn2ccnc2C)cc1. The molecule has 1 atom stereocenters. The van der Waals surface area contributed by atoms with E-state index in [4.69, 9.17) is 0 Å². The van der Waals surface area contributed by atoms with Gasteiger partial charge in [-0.25, -0.2) is 4.98 Å². The molecule has 1 aromatic carbocycles. The van der Waals surface area contributed by atoms with E-state index in [1.165, 1.54) is 16.9 Å². The molecule has 0 bridgehead atoms. The number of aryl methyl sites for hydroxylation is 2. The fourth-order valence-electron chi connectivity index (χ4n) is 2.23. The lowest BCUT2D eigenvalue weighted by Crippen LogP contribution is -2.19. The van der Waals surface area contributed by atoms with Gasteiger partial charge in [-0.2, -0.15) is 0 Å². The Bertz CT molecular complexity index is 533. The number of hydrogen-bond donors (Lipinski definition) is 1. The number of rotatable bonds is 8. The van der Waals surface area contributed by atoms with Gasteiger partial charge in [0.25, 0.3) is 0 Å². The topological polar surface area (TPSA) is 29.9 Å². The van der Waals surface area contributed by atoms with Crippen molar-refractivity contribution in [3.63, 3.8) is 0 Å². The molecule has 0 amide bonds. The van der Waals surface area contributed by atoms with Crippen LogP contribution in [-0.4, -0.2) is 21.8 Å². The van der Waals surface area contributed by atoms with Crippen molar-refractivity contribution in [3.05, 3.63) is 48.0 Å². The van der Waals surface area contributed by atoms with E-state index < -0.39 is 0 Å². The number of nitrogens with zero attached hydrogens (tertiary/aromatic N) is 2. The molecule has 0 aliphatic heterocycles. The Morgan fingerprint density at radius 3 is 2.67 bits per heavy atom. The molecule has 0 aliphatic rings. The van der Waals surface area contributed by atoms with Gasteiger partial charge in [-0.15, -0.1) is 11.8 Å². The van der Waals surface area contributed by atoms with Crippen LogP contribution in [-0.2, 0) is 6.54 Å². The fraction of sp³-hybridized carbons (Fsp3) is 0.471. The standard InChI is InChI=1S/C17H25N3S/c1-4-9-18-14(2)16-5-7-17(8-6-16)21-13-12-20-11-10-19-15(20)3/h5-8,10-11,14,18H,4,9,12-13H2,1-3H3. The van der Waals surface area contributed by atoms with Gasteiger partial charge in [-0.05, 0) is 44.5 Å². The zero-order valence-electron chi connectivity index (χ0n) is 13.2. The zero-order chi connectivity index (χ0) is 15.1. The van der Waals surface area contributed by atoms with Gasteiger partial charge in [0, 0.05) is 35.6 Å². The maximum absolute atomic E-state index is 4.24. The first-order valence-corrected chi connectivity index (χ1v) is 8.63. The van der Waals surface area contributed by atoms with Gasteiger partial charge >= 0.3 is 0 Å². The van der Waals surface area contributed by atoms with Gasteiger partial charge in [0.15, 0.2) is 0 Å². The summed E-state index contributed by atoms with van der Waals surface area (Å²) in [7, 11) is 0. The molecule has 0 aliphatic carbocycles. The molecular formula is C17H25N3S. The van der Waals surface area contributed by atoms with Crippen LogP contribution < -0.4 is 5.32 Å². The van der Waals surface area contributed by atoms with E-state index >= 15 is 0 Å². The minimum atomic E-state index is 0.428. The van der Waals surface area contributed by atoms with Crippen molar-refractivity contribution in [2.24, 2.45) is 0 Å². The molecule has 0 radical (unpaired) electrons. The third-order valence-corrected chi connectivity index (χ3v) is 4.60. The average Bonchev–Trinajstić information content (AvgIpc) is 2.91. The maximum atomic E-state index is 4.24. The van der Waals surface area contributed by atoms with Gasteiger partial charge in [0.1, 0.15) is 5.82 Å². The summed E-state index contributed by atoms with van der Waals surface area (Å²) in [5.74, 6) is 2.15. The molecule has 2 rings (SSSR count). The summed E-state index contributed by atoms with van der Waals surface area (Å²) in [5, 5.41) is 3.52. The highest BCUT2D eigenvalue weighted by atomic mass is 32.2. The van der Waals surface area contributed by atoms with E-state index in [0.717, 1.165) is 24.7 Å². The predicted molar refractivity (Wildman–Crippen MR) is 90.8 cm³/mol. The van der Waals surface area contributed by atoms with Crippen LogP contribution in [0.4, 0.5) is 0 Å². The molecule has 3 nitrogen and oxygen atoms in total. The molecule has 1 heterocycles. The Morgan fingerprint density at radius 2 is 2.05 bits per heavy atom. The van der Waals surface area contributed by atoms with Crippen molar-refractivity contribution >= 4 is 11.8 Å². The molecule has 0 spiro atoms. The fourth-order valence-corrected chi connectivity index (χ4v) is 3.09. The molecule has 1 unspecified atom stereocenters. The van der Waals surface area contributed by atoms with Crippen LogP contribution in [0.2, 0.25) is 0 Å². The highest BCUT2D eigenvalue weighted by molar-refractivity contribution is 7.99. The number of hydrogen-bond acceptors (Lipinski definition) is 3. The van der Waals surface area contributed by atoms with Gasteiger partial charge in [-0.1, -0.05) is 19.1 Å². The minimum Gasteiger partial charge on any atom is -0.334 e. The Balaban J connectivity index is 1.81. The molecule has 0 saturated carbocycles. The van der Waals surface area contributed by atoms with Crippen LogP contribution in [0.25, 0.3) is 0 Å². The van der Waals surface area contributed by atoms with Gasteiger partial charge in [0.2, 0.25) is 0 Å². The van der Waals surface area contributed by atoms with Crippen molar-refractivity contribution in [2.45, 2.75) is 44.7 Å². The number of imidazole rings is 1. The van der Waals surface area contributed by atoms with Crippen LogP contribution in [0.15, 0.2) is 41.6 Å². The second-order valence-electron chi connectivity index (χ2n) is 5.26. The summed E-state index contributed by atoms with van der Waals surface area (Å²) in [6, 6.07) is 9.35. The zero-order valence-corrected chi connectivity index (χ0v) is 14.0. The third-order valence-electron chi connectivity index (χ3n) is 3.61. The Kier molecular flexibility index (Phi) is 6.33. The van der Waals surface area contributed by atoms with Gasteiger partial charge < -0.3 is 9.88 Å². The van der Waals surface area contributed by atoms with Crippen molar-refractivity contribution in [3.8, 4) is 0 Å². The summed E-state index contributed by atoms with van der Waals surface area (Å²) in [6.07, 6.45) is 5.07. The Morgan fingerprint density at radius 1 is 1.29 bits per heavy atom. The van der Waals surface area contributed by atoms with E-state index in [1.807, 2.05) is 31.1 Å². The number of nitrogens with one attached hydrogen (secondary N) is 1. The number of aromatic nitrogens is 2. The summed E-state index contributed by atoms with van der Waals surface area (Å²) in [4.78, 5) is 5.58. The molecule has 4 heteroatoms. The maximum Gasteiger partial charge on any atom is 0.105 e. The molecule has 1 N–H and O–H groups in total. The third kappa shape index (κ3) is 4.90. The first kappa shape index (κ1) is 16.1. The summed E-state index contributed by atoms with van der Waals surface area (Å²) >= 11 is 1.90. The van der Waals surface area contributed by atoms with Crippen molar-refractivity contribution in [1.82, 2.24) is 14.9 Å². The largest absolute Gasteiger partial charge is 0.334 e. The molecule has 1 aromatic heterocycles. The average molecular weight is 303 g/mol. The quantitative estimate of drug-likeness (QED) is 0.746. The Hall–Kier alpha value is -1.26. The van der Waals surface area contributed by atoms with E-state index in [2.05, 4.69) is 53.0 Å². The van der Waals surface area contributed by atoms with Crippen molar-refractivity contribution < 1.29 is 0 Å². The minimum absolute atomic E-state index is 0.428. The lowest BCUT2D eigenvalue weighted by Gasteiger charge is -2.14. The van der Waals surface area contributed by atoms with Crippen molar-refractivity contribution in [1.29, 1.82) is 0 Å². The monoisotopic (exact) mass is 303 g/mol. The highest BCUT2D eigenvalue weighted by Crippen LogP contribution is 2.21. The van der Waals surface area contributed by atoms with Gasteiger partial charge in [-0.3, -0.25) is 0 Å². The van der Waals surface area contributed by atoms with Gasteiger partial charge in [0.05, 0.1) is 0 Å². The number of thioether (sulfide) groups is 1. The van der Waals surface area contributed by atoms with E-state index in [9.17, 15) is 0 Å². The lowest BCUT2D eigenvalue weighted by molar-refractivity contribution is 0.570. The van der Waals surface area contributed by atoms with Crippen LogP contribution in [0.3, 0.4) is 0 Å². The van der Waals surface area contributed by atoms with Crippen LogP contribution in [0, 0.1) is 6.92 Å². The predicted octanol–water partition coefficient (Wildman–Crippen LogP) is 4.04. The first-order chi connectivity index (χ1) is 10.2. The Labute approximate surface area is 132 Å². The normalized spacial score (nSPS) is 12.5. The van der Waals surface area contributed by atoms with Crippen molar-refractivity contribution in [2.75, 3.05) is 12.3 Å². The van der Waals surface area contributed by atoms with E-state index in [0.29, 0.717) is 6.04 Å². The highest BCUT2D eigenvalue weighted by Gasteiger charge is 2.04.